The molecule has 0 amide bonds. The Hall–Kier alpha value is 0. The number of hydrogen-bond acceptors (Lipinski definition) is 0. The molecule has 0 aromatic heterocycles. The second-order valence-electron chi connectivity index (χ2n) is 29.4. The van der Waals surface area contributed by atoms with Crippen LogP contribution in [0.3, 0.4) is 0 Å². The van der Waals surface area contributed by atoms with Crippen LogP contribution in [0.15, 0.2) is 0 Å². The maximum Gasteiger partial charge on any atom is -0.00534 e. The first-order valence-electron chi connectivity index (χ1n) is 23.6. The van der Waals surface area contributed by atoms with Crippen molar-refractivity contribution in [2.45, 2.75) is 77.0 Å². The summed E-state index contributed by atoms with van der Waals surface area (Å²) >= 11 is 0. The lowest BCUT2D eigenvalue weighted by Crippen LogP contribution is -3.41. The van der Waals surface area contributed by atoms with Crippen LogP contribution in [0.5, 0.6) is 0 Å². The molecular weight excluding hydrogens is 577 g/mol. The highest BCUT2D eigenvalue weighted by Crippen LogP contribution is 3.47. The fraction of sp³-hybridized carbons (Fsp3) is 1.00. The topological polar surface area (TPSA) is 0 Å². The third-order valence-corrected chi connectivity index (χ3v) is 37.3. The van der Waals surface area contributed by atoms with Crippen LogP contribution in [0.4, 0.5) is 0 Å². The summed E-state index contributed by atoms with van der Waals surface area (Å²) in [7, 11) is 0. The van der Waals surface area contributed by atoms with E-state index in [0.717, 1.165) is 97.5 Å². The van der Waals surface area contributed by atoms with Crippen LogP contribution in [0, 0.1) is 204 Å². The van der Waals surface area contributed by atoms with Crippen molar-refractivity contribution < 1.29 is 0 Å². The molecule has 0 heterocycles. The third-order valence-electron chi connectivity index (χ3n) is 37.3. The summed E-state index contributed by atoms with van der Waals surface area (Å²) in [5, 5.41) is 0. The Morgan fingerprint density at radius 1 is 0.271 bits per heavy atom. The Balaban J connectivity index is 0.910. The molecule has 28 saturated carbocycles. The average Bonchev–Trinajstić information content (AvgIpc) is 3.02. The number of hydrogen-bond donors (Lipinski definition) is 0. The Kier molecular flexibility index (Phi) is 1.29. The number of fused-ring (bicyclic) bond motifs is 12. The van der Waals surface area contributed by atoms with Gasteiger partial charge in [0.15, 0.2) is 0 Å². The predicted molar refractivity (Wildman–Crippen MR) is 162 cm³/mol. The van der Waals surface area contributed by atoms with Crippen LogP contribution in [0.1, 0.15) is 77.0 Å². The molecule has 28 fully saturated rings. The van der Waals surface area contributed by atoms with Crippen molar-refractivity contribution in [2.24, 2.45) is 204 Å². The highest BCUT2D eigenvalue weighted by atomic mass is 15.5. The quantitative estimate of drug-likeness (QED) is 0.277. The van der Waals surface area contributed by atoms with Crippen molar-refractivity contribution in [1.29, 1.82) is 0 Å². The van der Waals surface area contributed by atoms with Crippen molar-refractivity contribution in [1.82, 2.24) is 0 Å². The fourth-order valence-corrected chi connectivity index (χ4v) is 43.7. The molecule has 0 aromatic rings. The van der Waals surface area contributed by atoms with E-state index in [2.05, 4.69) is 0 Å². The fourth-order valence-electron chi connectivity index (χ4n) is 43.7. The summed E-state index contributed by atoms with van der Waals surface area (Å²) in [5.41, 5.74) is 18.0. The third kappa shape index (κ3) is 0.568. The van der Waals surface area contributed by atoms with Gasteiger partial charge in [-0.15, -0.1) is 0 Å². The Morgan fingerprint density at radius 2 is 0.729 bits per heavy atom. The zero-order chi connectivity index (χ0) is 27.9. The van der Waals surface area contributed by atoms with E-state index >= 15 is 0 Å². The molecule has 0 N–H and O–H groups in total. The molecule has 12 bridgehead atoms. The zero-order valence-electron chi connectivity index (χ0n) is 27.9. The van der Waals surface area contributed by atoms with Gasteiger partial charge in [0, 0.05) is 0 Å². The lowest BCUT2D eigenvalue weighted by Gasteiger charge is -3.44. The molecule has 0 saturated heterocycles. The van der Waals surface area contributed by atoms with Crippen LogP contribution < -0.4 is 0 Å². The molecule has 0 nitrogen and oxygen atoms in total. The molecule has 36 atom stereocenters. The van der Waals surface area contributed by atoms with E-state index in [4.69, 9.17) is 0 Å². The second kappa shape index (κ2) is 3.28. The predicted octanol–water partition coefficient (Wildman–Crippen LogP) is 6.90. The van der Waals surface area contributed by atoms with E-state index in [9.17, 15) is 0 Å². The monoisotopic (exact) mass is 618 g/mol. The van der Waals surface area contributed by atoms with Crippen molar-refractivity contribution in [3.8, 4) is 0 Å². The summed E-state index contributed by atoms with van der Waals surface area (Å²) in [6.07, 6.45) is 22.9. The molecule has 18 spiro atoms. The van der Waals surface area contributed by atoms with Gasteiger partial charge in [-0.2, -0.15) is 0 Å². The minimum Gasteiger partial charge on any atom is -0.0462 e. The molecule has 0 aliphatic heterocycles. The average molecular weight is 619 g/mol. The van der Waals surface area contributed by atoms with E-state index in [1.54, 1.807) is 25.7 Å². The molecule has 0 heteroatoms. The highest BCUT2D eigenvalue weighted by Gasteiger charge is 3.44. The summed E-state index contributed by atoms with van der Waals surface area (Å²) in [6.45, 7) is 0. The van der Waals surface area contributed by atoms with Gasteiger partial charge in [-0.25, -0.2) is 0 Å². The summed E-state index contributed by atoms with van der Waals surface area (Å²) < 4.78 is 0. The second-order valence-corrected chi connectivity index (χ2v) is 29.4. The molecule has 36 unspecified atom stereocenters. The smallest absolute Gasteiger partial charge is 0.00534 e. The van der Waals surface area contributed by atoms with Gasteiger partial charge in [0.2, 0.25) is 0 Å². The summed E-state index contributed by atoms with van der Waals surface area (Å²) in [6, 6.07) is 0. The van der Waals surface area contributed by atoms with Crippen molar-refractivity contribution in [3.63, 3.8) is 0 Å². The normalized spacial score (nSPS) is 118. The van der Waals surface area contributed by atoms with Crippen LogP contribution in [-0.2, 0) is 0 Å². The minimum atomic E-state index is 0.964. The summed E-state index contributed by atoms with van der Waals surface area (Å²) in [5.74, 6) is 23.7. The molecule has 234 valence electrons. The molecular formula is C48H42. The first-order valence-corrected chi connectivity index (χ1v) is 23.6. The lowest BCUT2D eigenvalue weighted by atomic mass is 8.59. The van der Waals surface area contributed by atoms with E-state index < -0.39 is 0 Å². The Labute approximate surface area is 280 Å². The minimum absolute atomic E-state index is 0.964. The summed E-state index contributed by atoms with van der Waals surface area (Å²) in [4.78, 5) is 0. The molecule has 0 radical (unpaired) electrons. The first kappa shape index (κ1) is 18.9. The van der Waals surface area contributed by atoms with Gasteiger partial charge >= 0.3 is 0 Å². The van der Waals surface area contributed by atoms with Crippen molar-refractivity contribution >= 4 is 0 Å². The van der Waals surface area contributed by atoms with Gasteiger partial charge < -0.3 is 0 Å². The maximum absolute atomic E-state index is 2.03. The molecule has 28 aliphatic carbocycles. The van der Waals surface area contributed by atoms with E-state index in [0.29, 0.717) is 0 Å². The standard InChI is InChI=1S/C48H42/c1-13-3-19-23-27-28-24-20-4-14-2-16-18-6-22-26-30-29-25-21-5-17-15(1)33-7-31(13,19)35(23)9-39(33)41-11-37(27,35)38(28)12-42(41)40-10-36(24,38)32(14,20)8-34(16,40)44(18,22)46(26,40)48(30,42)47(29,41)45(25,39)43(17,21)33/h13-30H,1-12H2. The Bertz CT molecular complexity index is 2340. The van der Waals surface area contributed by atoms with Crippen molar-refractivity contribution in [2.75, 3.05) is 0 Å². The van der Waals surface area contributed by atoms with Crippen LogP contribution in [-0.4, -0.2) is 0 Å². The lowest BCUT2D eigenvalue weighted by molar-refractivity contribution is -0.985. The van der Waals surface area contributed by atoms with E-state index in [-0.39, 0.29) is 0 Å². The highest BCUT2D eigenvalue weighted by molar-refractivity contribution is 5.90. The van der Waals surface area contributed by atoms with Crippen molar-refractivity contribution in [3.05, 3.63) is 0 Å². The van der Waals surface area contributed by atoms with Gasteiger partial charge in [-0.3, -0.25) is 0 Å². The molecule has 0 aromatic carbocycles. The maximum atomic E-state index is 2.03. The molecule has 28 aliphatic rings. The van der Waals surface area contributed by atoms with E-state index in [1.807, 2.05) is 51.4 Å². The Morgan fingerprint density at radius 3 is 1.23 bits per heavy atom. The van der Waals surface area contributed by atoms with Gasteiger partial charge in [-0.05, 0) is 281 Å². The molecule has 28 rings (SSSR count). The van der Waals surface area contributed by atoms with Crippen LogP contribution >= 0.6 is 0 Å². The van der Waals surface area contributed by atoms with E-state index in [1.165, 1.54) is 107 Å². The SMILES string of the molecule is C1C2CC3C4CC5C6C7C8C9C%10CC%11C%12CC%13CC%14C%15C%16C%17C%18C1C21CC32C45C63C24CC%181C%171CC42C45CC%161C%151CC46C%12(CC%13%141)C%11%10C96C85C723. The van der Waals surface area contributed by atoms with Gasteiger partial charge in [0.25, 0.3) is 0 Å². The first-order chi connectivity index (χ1) is 23.6. The van der Waals surface area contributed by atoms with Gasteiger partial charge in [-0.1, -0.05) is 0 Å². The van der Waals surface area contributed by atoms with Crippen LogP contribution in [0.2, 0.25) is 0 Å². The zero-order valence-corrected chi connectivity index (χ0v) is 27.9. The van der Waals surface area contributed by atoms with Gasteiger partial charge in [0.1, 0.15) is 0 Å². The number of rotatable bonds is 0. The largest absolute Gasteiger partial charge is 0.0462 e. The van der Waals surface area contributed by atoms with Crippen LogP contribution in [0.25, 0.3) is 0 Å². The van der Waals surface area contributed by atoms with Gasteiger partial charge in [0.05, 0.1) is 0 Å². The molecule has 48 heavy (non-hydrogen) atoms.